The molecule has 0 aliphatic carbocycles. The number of aliphatic hydroxyl groups excluding tert-OH is 1. The average Bonchev–Trinajstić information content (AvgIpc) is 2.42. The van der Waals surface area contributed by atoms with Crippen LogP contribution >= 0.6 is 12.4 Å². The van der Waals surface area contributed by atoms with E-state index in [1.165, 1.54) is 5.56 Å². The van der Waals surface area contributed by atoms with Crippen molar-refractivity contribution in [3.63, 3.8) is 0 Å². The van der Waals surface area contributed by atoms with Gasteiger partial charge in [-0.2, -0.15) is 0 Å². The second-order valence-electron chi connectivity index (χ2n) is 4.49. The summed E-state index contributed by atoms with van der Waals surface area (Å²) in [5.41, 5.74) is 6.79. The van der Waals surface area contributed by atoms with Crippen molar-refractivity contribution in [1.29, 1.82) is 0 Å². The summed E-state index contributed by atoms with van der Waals surface area (Å²) in [4.78, 5) is 13.2. The minimum Gasteiger partial charge on any atom is -0.394 e. The number of carbonyl (C=O) groups excluding carboxylic acids is 1. The molecule has 108 valence electrons. The van der Waals surface area contributed by atoms with Crippen LogP contribution in [0.4, 0.5) is 0 Å². The summed E-state index contributed by atoms with van der Waals surface area (Å²) < 4.78 is 0. The Bertz CT molecular complexity index is 360. The average molecular weight is 287 g/mol. The molecule has 5 heteroatoms. The van der Waals surface area contributed by atoms with E-state index in [0.29, 0.717) is 6.54 Å². The maximum Gasteiger partial charge on any atom is 0.241 e. The normalized spacial score (nSPS) is 11.5. The van der Waals surface area contributed by atoms with Crippen LogP contribution in [0.3, 0.4) is 0 Å². The molecule has 1 atom stereocenters. The van der Waals surface area contributed by atoms with Gasteiger partial charge < -0.3 is 15.7 Å². The van der Waals surface area contributed by atoms with Crippen molar-refractivity contribution in [2.24, 2.45) is 5.73 Å². The minimum atomic E-state index is -0.788. The quantitative estimate of drug-likeness (QED) is 0.741. The monoisotopic (exact) mass is 286 g/mol. The molecular formula is C14H23ClN2O2. The van der Waals surface area contributed by atoms with Crippen molar-refractivity contribution >= 4 is 18.3 Å². The SMILES string of the molecule is CN(CCCCc1ccccc1)C(=O)[C@H](N)CO.Cl. The zero-order chi connectivity index (χ0) is 13.4. The maximum absolute atomic E-state index is 11.6. The topological polar surface area (TPSA) is 66.6 Å². The highest BCUT2D eigenvalue weighted by atomic mass is 35.5. The third kappa shape index (κ3) is 6.57. The first-order valence-corrected chi connectivity index (χ1v) is 6.30. The zero-order valence-electron chi connectivity index (χ0n) is 11.3. The number of nitrogens with zero attached hydrogens (tertiary/aromatic N) is 1. The number of hydrogen-bond acceptors (Lipinski definition) is 3. The second kappa shape index (κ2) is 9.78. The molecule has 0 radical (unpaired) electrons. The number of nitrogens with two attached hydrogens (primary N) is 1. The van der Waals surface area contributed by atoms with Gasteiger partial charge in [-0.3, -0.25) is 4.79 Å². The van der Waals surface area contributed by atoms with E-state index in [2.05, 4.69) is 12.1 Å². The Morgan fingerprint density at radius 3 is 2.53 bits per heavy atom. The molecule has 1 amide bonds. The minimum absolute atomic E-state index is 0. The van der Waals surface area contributed by atoms with Gasteiger partial charge in [-0.05, 0) is 24.8 Å². The molecule has 0 aliphatic rings. The predicted octanol–water partition coefficient (Wildman–Crippen LogP) is 1.21. The molecule has 0 aliphatic heterocycles. The lowest BCUT2D eigenvalue weighted by atomic mass is 10.1. The third-order valence-electron chi connectivity index (χ3n) is 2.94. The Balaban J connectivity index is 0.00000324. The molecule has 3 N–H and O–H groups in total. The van der Waals surface area contributed by atoms with E-state index in [9.17, 15) is 4.79 Å². The Kier molecular flexibility index (Phi) is 9.21. The Labute approximate surface area is 121 Å². The molecule has 1 aromatic rings. The summed E-state index contributed by atoms with van der Waals surface area (Å²) in [5, 5.41) is 8.80. The van der Waals surface area contributed by atoms with Gasteiger partial charge in [0.1, 0.15) is 6.04 Å². The molecule has 19 heavy (non-hydrogen) atoms. The summed E-state index contributed by atoms with van der Waals surface area (Å²) in [5.74, 6) is -0.197. The Morgan fingerprint density at radius 1 is 1.32 bits per heavy atom. The summed E-state index contributed by atoms with van der Waals surface area (Å²) in [6.45, 7) is 0.382. The lowest BCUT2D eigenvalue weighted by molar-refractivity contribution is -0.132. The summed E-state index contributed by atoms with van der Waals surface area (Å²) in [6, 6.07) is 9.50. The van der Waals surface area contributed by atoms with Gasteiger partial charge in [0.05, 0.1) is 6.61 Å². The number of carbonyl (C=O) groups is 1. The first kappa shape index (κ1) is 17.9. The van der Waals surface area contributed by atoms with Crippen LogP contribution in [-0.4, -0.2) is 42.2 Å². The van der Waals surface area contributed by atoms with E-state index in [1.54, 1.807) is 11.9 Å². The Morgan fingerprint density at radius 2 is 1.95 bits per heavy atom. The standard InChI is InChI=1S/C14H22N2O2.ClH/c1-16(14(18)13(15)11-17)10-6-5-9-12-7-3-2-4-8-12;/h2-4,7-8,13,17H,5-6,9-11,15H2,1H3;1H/t13-;/m1./s1. The van der Waals surface area contributed by atoms with E-state index in [4.69, 9.17) is 10.8 Å². The van der Waals surface area contributed by atoms with Crippen molar-refractivity contribution < 1.29 is 9.90 Å². The van der Waals surface area contributed by atoms with Gasteiger partial charge in [-0.15, -0.1) is 12.4 Å². The van der Waals surface area contributed by atoms with Gasteiger partial charge >= 0.3 is 0 Å². The number of rotatable bonds is 7. The van der Waals surface area contributed by atoms with Gasteiger partial charge in [-0.1, -0.05) is 30.3 Å². The highest BCUT2D eigenvalue weighted by Crippen LogP contribution is 2.05. The fourth-order valence-electron chi connectivity index (χ4n) is 1.79. The highest BCUT2D eigenvalue weighted by molar-refractivity contribution is 5.85. The lowest BCUT2D eigenvalue weighted by Crippen LogP contribution is -2.44. The number of benzene rings is 1. The van der Waals surface area contributed by atoms with E-state index in [0.717, 1.165) is 19.3 Å². The van der Waals surface area contributed by atoms with Gasteiger partial charge in [-0.25, -0.2) is 0 Å². The van der Waals surface area contributed by atoms with Gasteiger partial charge in [0.2, 0.25) is 5.91 Å². The van der Waals surface area contributed by atoms with Crippen LogP contribution in [0, 0.1) is 0 Å². The highest BCUT2D eigenvalue weighted by Gasteiger charge is 2.16. The first-order valence-electron chi connectivity index (χ1n) is 6.30. The summed E-state index contributed by atoms with van der Waals surface area (Å²) in [6.07, 6.45) is 3.00. The number of halogens is 1. The number of amides is 1. The van der Waals surface area contributed by atoms with Crippen LogP contribution < -0.4 is 5.73 Å². The molecule has 4 nitrogen and oxygen atoms in total. The molecular weight excluding hydrogens is 264 g/mol. The molecule has 0 aromatic heterocycles. The van der Waals surface area contributed by atoms with E-state index < -0.39 is 6.04 Å². The molecule has 0 saturated carbocycles. The van der Waals surface area contributed by atoms with Crippen molar-refractivity contribution in [3.8, 4) is 0 Å². The predicted molar refractivity (Wildman–Crippen MR) is 79.3 cm³/mol. The fourth-order valence-corrected chi connectivity index (χ4v) is 1.79. The van der Waals surface area contributed by atoms with Crippen molar-refractivity contribution in [2.45, 2.75) is 25.3 Å². The molecule has 1 aromatic carbocycles. The van der Waals surface area contributed by atoms with E-state index in [1.807, 2.05) is 18.2 Å². The van der Waals surface area contributed by atoms with E-state index in [-0.39, 0.29) is 24.9 Å². The number of hydrogen-bond donors (Lipinski definition) is 2. The Hall–Kier alpha value is -1.10. The van der Waals surface area contributed by atoms with Gasteiger partial charge in [0, 0.05) is 13.6 Å². The van der Waals surface area contributed by atoms with Gasteiger partial charge in [0.15, 0.2) is 0 Å². The molecule has 0 spiro atoms. The number of unbranched alkanes of at least 4 members (excludes halogenated alkanes) is 1. The zero-order valence-corrected chi connectivity index (χ0v) is 12.1. The van der Waals surface area contributed by atoms with Crippen LogP contribution in [0.2, 0.25) is 0 Å². The summed E-state index contributed by atoms with van der Waals surface area (Å²) >= 11 is 0. The first-order chi connectivity index (χ1) is 8.65. The van der Waals surface area contributed by atoms with Crippen molar-refractivity contribution in [3.05, 3.63) is 35.9 Å². The largest absolute Gasteiger partial charge is 0.394 e. The van der Waals surface area contributed by atoms with E-state index >= 15 is 0 Å². The molecule has 0 heterocycles. The van der Waals surface area contributed by atoms with Crippen molar-refractivity contribution in [1.82, 2.24) is 4.90 Å². The maximum atomic E-state index is 11.6. The smallest absolute Gasteiger partial charge is 0.241 e. The number of likely N-dealkylation sites (N-methyl/N-ethyl adjacent to an activating group) is 1. The van der Waals surface area contributed by atoms with Crippen LogP contribution in [0.15, 0.2) is 30.3 Å². The lowest BCUT2D eigenvalue weighted by Gasteiger charge is -2.20. The summed E-state index contributed by atoms with van der Waals surface area (Å²) in [7, 11) is 1.72. The van der Waals surface area contributed by atoms with Crippen molar-refractivity contribution in [2.75, 3.05) is 20.2 Å². The molecule has 0 saturated heterocycles. The third-order valence-corrected chi connectivity index (χ3v) is 2.94. The molecule has 0 unspecified atom stereocenters. The van der Waals surface area contributed by atoms with Crippen LogP contribution in [0.1, 0.15) is 18.4 Å². The second-order valence-corrected chi connectivity index (χ2v) is 4.49. The molecule has 0 bridgehead atoms. The van der Waals surface area contributed by atoms with Crippen LogP contribution in [0.5, 0.6) is 0 Å². The molecule has 0 fully saturated rings. The fraction of sp³-hybridized carbons (Fsp3) is 0.500. The number of aryl methyl sites for hydroxylation is 1. The van der Waals surface area contributed by atoms with Crippen LogP contribution in [0.25, 0.3) is 0 Å². The molecule has 1 rings (SSSR count). The van der Waals surface area contributed by atoms with Gasteiger partial charge in [0.25, 0.3) is 0 Å². The number of aliphatic hydroxyl groups is 1. The van der Waals surface area contributed by atoms with Crippen LogP contribution in [-0.2, 0) is 11.2 Å².